The molecule has 0 heterocycles. The third kappa shape index (κ3) is 4.68. The Bertz CT molecular complexity index is 534. The second-order valence-corrected chi connectivity index (χ2v) is 4.52. The van der Waals surface area contributed by atoms with E-state index in [1.807, 2.05) is 55.5 Å². The van der Waals surface area contributed by atoms with E-state index >= 15 is 0 Å². The van der Waals surface area contributed by atoms with Crippen LogP contribution in [0.3, 0.4) is 0 Å². The first-order valence-corrected chi connectivity index (χ1v) is 6.76. The Hall–Kier alpha value is -2.20. The molecular weight excluding hydrogens is 268 g/mol. The van der Waals surface area contributed by atoms with Gasteiger partial charge >= 0.3 is 0 Å². The van der Waals surface area contributed by atoms with Gasteiger partial charge in [0.2, 0.25) is 0 Å². The van der Waals surface area contributed by atoms with Crippen molar-refractivity contribution in [1.82, 2.24) is 0 Å². The van der Waals surface area contributed by atoms with Gasteiger partial charge in [0.25, 0.3) is 0 Å². The predicted octanol–water partition coefficient (Wildman–Crippen LogP) is 3.65. The lowest BCUT2D eigenvalue weighted by atomic mass is 10.2. The molecular formula is C17H20O4. The first kappa shape index (κ1) is 15.2. The van der Waals surface area contributed by atoms with E-state index in [1.165, 1.54) is 0 Å². The highest BCUT2D eigenvalue weighted by atomic mass is 16.7. The van der Waals surface area contributed by atoms with Crippen LogP contribution in [0, 0.1) is 0 Å². The number of benzene rings is 2. The van der Waals surface area contributed by atoms with Crippen molar-refractivity contribution in [2.45, 2.75) is 19.8 Å². The molecule has 21 heavy (non-hydrogen) atoms. The third-order valence-electron chi connectivity index (χ3n) is 3.01. The van der Waals surface area contributed by atoms with Crippen molar-refractivity contribution < 1.29 is 18.9 Å². The summed E-state index contributed by atoms with van der Waals surface area (Å²) in [6.07, 6.45) is -0.333. The first-order valence-electron chi connectivity index (χ1n) is 6.76. The number of hydrogen-bond donors (Lipinski definition) is 0. The van der Waals surface area contributed by atoms with Crippen LogP contribution >= 0.6 is 0 Å². The SMILES string of the molecule is COc1ccc(COC(C)Oc2ccc(OC)cc2)cc1. The van der Waals surface area contributed by atoms with Crippen molar-refractivity contribution in [3.8, 4) is 17.2 Å². The summed E-state index contributed by atoms with van der Waals surface area (Å²) in [5, 5.41) is 0. The fourth-order valence-corrected chi connectivity index (χ4v) is 1.82. The lowest BCUT2D eigenvalue weighted by molar-refractivity contribution is -0.0759. The molecule has 0 saturated heterocycles. The van der Waals surface area contributed by atoms with E-state index in [1.54, 1.807) is 14.2 Å². The quantitative estimate of drug-likeness (QED) is 0.729. The summed E-state index contributed by atoms with van der Waals surface area (Å²) in [6.45, 7) is 2.36. The Kier molecular flexibility index (Phi) is 5.46. The Balaban J connectivity index is 1.81. The normalized spacial score (nSPS) is 11.8. The molecule has 0 aromatic heterocycles. The van der Waals surface area contributed by atoms with E-state index in [-0.39, 0.29) is 6.29 Å². The molecule has 0 N–H and O–H groups in total. The molecule has 112 valence electrons. The maximum atomic E-state index is 5.68. The van der Waals surface area contributed by atoms with Gasteiger partial charge in [0, 0.05) is 0 Å². The largest absolute Gasteiger partial charge is 0.497 e. The third-order valence-corrected chi connectivity index (χ3v) is 3.01. The first-order chi connectivity index (χ1) is 10.2. The Morgan fingerprint density at radius 1 is 0.762 bits per heavy atom. The summed E-state index contributed by atoms with van der Waals surface area (Å²) in [7, 11) is 3.28. The molecule has 2 rings (SSSR count). The lowest BCUT2D eigenvalue weighted by Gasteiger charge is -2.16. The number of methoxy groups -OCH3 is 2. The second kappa shape index (κ2) is 7.55. The maximum absolute atomic E-state index is 5.68. The molecule has 0 bridgehead atoms. The molecule has 0 amide bonds. The van der Waals surface area contributed by atoms with Crippen molar-refractivity contribution in [3.63, 3.8) is 0 Å². The molecule has 0 fully saturated rings. The average Bonchev–Trinajstić information content (AvgIpc) is 2.54. The standard InChI is InChI=1S/C17H20O4/c1-13(21-17-10-8-16(19-3)9-11-17)20-12-14-4-6-15(18-2)7-5-14/h4-11,13H,12H2,1-3H3. The number of rotatable bonds is 7. The predicted molar refractivity (Wildman–Crippen MR) is 80.9 cm³/mol. The van der Waals surface area contributed by atoms with Crippen LogP contribution < -0.4 is 14.2 Å². The minimum Gasteiger partial charge on any atom is -0.497 e. The average molecular weight is 288 g/mol. The van der Waals surface area contributed by atoms with Gasteiger partial charge in [0.1, 0.15) is 17.2 Å². The van der Waals surface area contributed by atoms with Crippen LogP contribution in [0.1, 0.15) is 12.5 Å². The van der Waals surface area contributed by atoms with E-state index < -0.39 is 0 Å². The molecule has 0 spiro atoms. The van der Waals surface area contributed by atoms with E-state index in [0.717, 1.165) is 22.8 Å². The van der Waals surface area contributed by atoms with Gasteiger partial charge in [0.15, 0.2) is 6.29 Å². The summed E-state index contributed by atoms with van der Waals surface area (Å²) in [6, 6.07) is 15.2. The second-order valence-electron chi connectivity index (χ2n) is 4.52. The van der Waals surface area contributed by atoms with Gasteiger partial charge < -0.3 is 18.9 Å². The Labute approximate surface area is 125 Å². The van der Waals surface area contributed by atoms with Crippen LogP contribution in [0.2, 0.25) is 0 Å². The smallest absolute Gasteiger partial charge is 0.197 e. The molecule has 2 aromatic carbocycles. The van der Waals surface area contributed by atoms with E-state index in [4.69, 9.17) is 18.9 Å². The highest BCUT2D eigenvalue weighted by molar-refractivity contribution is 5.31. The molecule has 2 aromatic rings. The summed E-state index contributed by atoms with van der Waals surface area (Å²) < 4.78 is 21.6. The molecule has 0 aliphatic heterocycles. The van der Waals surface area contributed by atoms with Crippen LogP contribution in [-0.2, 0) is 11.3 Å². The van der Waals surface area contributed by atoms with Gasteiger partial charge in [-0.2, -0.15) is 0 Å². The van der Waals surface area contributed by atoms with Gasteiger partial charge in [-0.15, -0.1) is 0 Å². The summed E-state index contributed by atoms with van der Waals surface area (Å²) in [5.74, 6) is 2.38. The molecule has 0 aliphatic carbocycles. The maximum Gasteiger partial charge on any atom is 0.197 e. The minimum atomic E-state index is -0.333. The highest BCUT2D eigenvalue weighted by Gasteiger charge is 2.05. The van der Waals surface area contributed by atoms with Crippen molar-refractivity contribution in [3.05, 3.63) is 54.1 Å². The highest BCUT2D eigenvalue weighted by Crippen LogP contribution is 2.19. The fourth-order valence-electron chi connectivity index (χ4n) is 1.82. The van der Waals surface area contributed by atoms with Crippen LogP contribution in [-0.4, -0.2) is 20.5 Å². The summed E-state index contributed by atoms with van der Waals surface area (Å²) in [5.41, 5.74) is 1.07. The molecule has 0 radical (unpaired) electrons. The minimum absolute atomic E-state index is 0.333. The van der Waals surface area contributed by atoms with Crippen LogP contribution in [0.15, 0.2) is 48.5 Å². The van der Waals surface area contributed by atoms with E-state index in [2.05, 4.69) is 0 Å². The molecule has 0 aliphatic rings. The number of ether oxygens (including phenoxy) is 4. The Morgan fingerprint density at radius 3 is 1.76 bits per heavy atom. The summed E-state index contributed by atoms with van der Waals surface area (Å²) >= 11 is 0. The zero-order valence-electron chi connectivity index (χ0n) is 12.5. The van der Waals surface area contributed by atoms with Crippen LogP contribution in [0.5, 0.6) is 17.2 Å². The van der Waals surface area contributed by atoms with Gasteiger partial charge in [-0.3, -0.25) is 0 Å². The van der Waals surface area contributed by atoms with Crippen LogP contribution in [0.4, 0.5) is 0 Å². The van der Waals surface area contributed by atoms with Crippen molar-refractivity contribution in [2.24, 2.45) is 0 Å². The molecule has 1 atom stereocenters. The molecule has 4 nitrogen and oxygen atoms in total. The summed E-state index contributed by atoms with van der Waals surface area (Å²) in [4.78, 5) is 0. The van der Waals surface area contributed by atoms with Gasteiger partial charge in [-0.05, 0) is 48.9 Å². The lowest BCUT2D eigenvalue weighted by Crippen LogP contribution is -2.16. The van der Waals surface area contributed by atoms with Gasteiger partial charge in [-0.25, -0.2) is 0 Å². The topological polar surface area (TPSA) is 36.9 Å². The van der Waals surface area contributed by atoms with Gasteiger partial charge in [-0.1, -0.05) is 12.1 Å². The fraction of sp³-hybridized carbons (Fsp3) is 0.294. The zero-order valence-corrected chi connectivity index (χ0v) is 12.5. The van der Waals surface area contributed by atoms with E-state index in [0.29, 0.717) is 6.61 Å². The number of hydrogen-bond acceptors (Lipinski definition) is 4. The van der Waals surface area contributed by atoms with Crippen LogP contribution in [0.25, 0.3) is 0 Å². The van der Waals surface area contributed by atoms with Crippen molar-refractivity contribution in [1.29, 1.82) is 0 Å². The molecule has 4 heteroatoms. The molecule has 0 saturated carbocycles. The van der Waals surface area contributed by atoms with Crippen molar-refractivity contribution >= 4 is 0 Å². The zero-order chi connectivity index (χ0) is 15.1. The van der Waals surface area contributed by atoms with E-state index in [9.17, 15) is 0 Å². The molecule has 1 unspecified atom stereocenters. The Morgan fingerprint density at radius 2 is 1.24 bits per heavy atom. The van der Waals surface area contributed by atoms with Crippen molar-refractivity contribution in [2.75, 3.05) is 14.2 Å². The monoisotopic (exact) mass is 288 g/mol. The van der Waals surface area contributed by atoms with Gasteiger partial charge in [0.05, 0.1) is 20.8 Å².